The molecule has 5 N–H and O–H groups in total. The molecule has 1 aliphatic rings. The SMILES string of the molecule is NC1=NC(N)(c2cccc(F)c2F)NC=C1. The molecule has 0 fully saturated rings. The number of halogens is 2. The predicted molar refractivity (Wildman–Crippen MR) is 56.1 cm³/mol. The van der Waals surface area contributed by atoms with E-state index in [0.717, 1.165) is 6.07 Å². The highest BCUT2D eigenvalue weighted by Gasteiger charge is 2.31. The normalized spacial score (nSPS) is 23.8. The van der Waals surface area contributed by atoms with Crippen molar-refractivity contribution in [1.82, 2.24) is 5.32 Å². The van der Waals surface area contributed by atoms with E-state index in [-0.39, 0.29) is 11.4 Å². The van der Waals surface area contributed by atoms with E-state index in [1.807, 2.05) is 0 Å². The van der Waals surface area contributed by atoms with Gasteiger partial charge in [0.1, 0.15) is 5.84 Å². The standard InChI is InChI=1S/C10H10F2N4/c11-7-3-1-2-6(9(7)12)10(14)15-5-4-8(13)16-10/h1-5,15H,14H2,(H2,13,16). The minimum absolute atomic E-state index is 0.0974. The number of nitrogens with two attached hydrogens (primary N) is 2. The number of aliphatic imine (C=N–C) groups is 1. The smallest absolute Gasteiger partial charge is 0.213 e. The van der Waals surface area contributed by atoms with Crippen molar-refractivity contribution in [1.29, 1.82) is 0 Å². The molecule has 0 bridgehead atoms. The monoisotopic (exact) mass is 224 g/mol. The summed E-state index contributed by atoms with van der Waals surface area (Å²) >= 11 is 0. The summed E-state index contributed by atoms with van der Waals surface area (Å²) in [5, 5.41) is 2.63. The number of nitrogens with zero attached hydrogens (tertiary/aromatic N) is 1. The van der Waals surface area contributed by atoms with Crippen LogP contribution in [0.15, 0.2) is 35.5 Å². The van der Waals surface area contributed by atoms with Crippen molar-refractivity contribution in [3.05, 3.63) is 47.7 Å². The summed E-state index contributed by atoms with van der Waals surface area (Å²) in [6.45, 7) is 0. The van der Waals surface area contributed by atoms with Crippen molar-refractivity contribution in [3.8, 4) is 0 Å². The summed E-state index contributed by atoms with van der Waals surface area (Å²) in [6.07, 6.45) is 2.91. The fraction of sp³-hybridized carbons (Fsp3) is 0.100. The van der Waals surface area contributed by atoms with Crippen LogP contribution in [0.3, 0.4) is 0 Å². The quantitative estimate of drug-likeness (QED) is 0.650. The van der Waals surface area contributed by atoms with Gasteiger partial charge in [0.2, 0.25) is 5.79 Å². The summed E-state index contributed by atoms with van der Waals surface area (Å²) in [6, 6.07) is 3.71. The number of nitrogens with one attached hydrogen (secondary N) is 1. The molecule has 1 unspecified atom stereocenters. The number of rotatable bonds is 1. The Morgan fingerprint density at radius 1 is 1.31 bits per heavy atom. The highest BCUT2D eigenvalue weighted by atomic mass is 19.2. The Morgan fingerprint density at radius 3 is 2.75 bits per heavy atom. The van der Waals surface area contributed by atoms with Crippen LogP contribution < -0.4 is 16.8 Å². The van der Waals surface area contributed by atoms with E-state index in [2.05, 4.69) is 10.3 Å². The lowest BCUT2D eigenvalue weighted by Crippen LogP contribution is -2.50. The Hall–Kier alpha value is -1.95. The van der Waals surface area contributed by atoms with E-state index in [4.69, 9.17) is 11.5 Å². The first-order valence-corrected chi connectivity index (χ1v) is 4.56. The summed E-state index contributed by atoms with van der Waals surface area (Å²) in [7, 11) is 0. The van der Waals surface area contributed by atoms with Crippen LogP contribution in [0.25, 0.3) is 0 Å². The van der Waals surface area contributed by atoms with E-state index < -0.39 is 17.4 Å². The lowest BCUT2D eigenvalue weighted by molar-refractivity contribution is 0.377. The van der Waals surface area contributed by atoms with Gasteiger partial charge in [-0.15, -0.1) is 0 Å². The first kappa shape index (κ1) is 10.6. The zero-order valence-corrected chi connectivity index (χ0v) is 8.24. The maximum atomic E-state index is 13.5. The third-order valence-corrected chi connectivity index (χ3v) is 2.23. The highest BCUT2D eigenvalue weighted by Crippen LogP contribution is 2.23. The molecule has 1 aromatic carbocycles. The van der Waals surface area contributed by atoms with Crippen LogP contribution in [-0.4, -0.2) is 5.84 Å². The van der Waals surface area contributed by atoms with E-state index in [0.29, 0.717) is 0 Å². The number of amidine groups is 1. The average molecular weight is 224 g/mol. The van der Waals surface area contributed by atoms with Crippen LogP contribution in [0.2, 0.25) is 0 Å². The zero-order valence-electron chi connectivity index (χ0n) is 8.24. The second kappa shape index (κ2) is 3.57. The van der Waals surface area contributed by atoms with Crippen LogP contribution >= 0.6 is 0 Å². The number of hydrogen-bond acceptors (Lipinski definition) is 4. The van der Waals surface area contributed by atoms with Crippen LogP contribution in [0.1, 0.15) is 5.56 Å². The molecular formula is C10H10F2N4. The molecule has 1 heterocycles. The molecule has 16 heavy (non-hydrogen) atoms. The van der Waals surface area contributed by atoms with Gasteiger partial charge in [0.05, 0.1) is 5.56 Å². The van der Waals surface area contributed by atoms with Gasteiger partial charge in [-0.25, -0.2) is 13.8 Å². The van der Waals surface area contributed by atoms with Gasteiger partial charge in [-0.3, -0.25) is 5.73 Å². The first-order valence-electron chi connectivity index (χ1n) is 4.56. The first-order chi connectivity index (χ1) is 7.53. The van der Waals surface area contributed by atoms with Crippen molar-refractivity contribution in [3.63, 3.8) is 0 Å². The Morgan fingerprint density at radius 2 is 2.06 bits per heavy atom. The van der Waals surface area contributed by atoms with Crippen molar-refractivity contribution >= 4 is 5.84 Å². The molecule has 0 radical (unpaired) electrons. The van der Waals surface area contributed by atoms with E-state index >= 15 is 0 Å². The molecule has 1 aliphatic heterocycles. The summed E-state index contributed by atoms with van der Waals surface area (Å²) in [5.74, 6) is -3.44. The van der Waals surface area contributed by atoms with Gasteiger partial charge in [0.25, 0.3) is 0 Å². The molecule has 6 heteroatoms. The van der Waals surface area contributed by atoms with Crippen molar-refractivity contribution < 1.29 is 8.78 Å². The molecule has 0 amide bonds. The van der Waals surface area contributed by atoms with Gasteiger partial charge >= 0.3 is 0 Å². The predicted octanol–water partition coefficient (Wildman–Crippen LogP) is 0.508. The van der Waals surface area contributed by atoms with E-state index in [1.54, 1.807) is 0 Å². The lowest BCUT2D eigenvalue weighted by atomic mass is 10.1. The molecule has 0 aromatic heterocycles. The maximum Gasteiger partial charge on any atom is 0.213 e. The average Bonchev–Trinajstić information content (AvgIpc) is 2.21. The third-order valence-electron chi connectivity index (χ3n) is 2.23. The zero-order chi connectivity index (χ0) is 11.8. The molecule has 2 rings (SSSR count). The second-order valence-corrected chi connectivity index (χ2v) is 3.38. The largest absolute Gasteiger partial charge is 0.384 e. The van der Waals surface area contributed by atoms with E-state index in [1.165, 1.54) is 24.4 Å². The van der Waals surface area contributed by atoms with Crippen molar-refractivity contribution in [2.24, 2.45) is 16.5 Å². The topological polar surface area (TPSA) is 76.4 Å². The van der Waals surface area contributed by atoms with Gasteiger partial charge < -0.3 is 11.1 Å². The second-order valence-electron chi connectivity index (χ2n) is 3.38. The van der Waals surface area contributed by atoms with Crippen LogP contribution in [0.4, 0.5) is 8.78 Å². The van der Waals surface area contributed by atoms with Crippen molar-refractivity contribution in [2.45, 2.75) is 5.79 Å². The molecule has 1 atom stereocenters. The molecule has 0 spiro atoms. The van der Waals surface area contributed by atoms with Gasteiger partial charge in [-0.2, -0.15) is 0 Å². The third kappa shape index (κ3) is 1.63. The van der Waals surface area contributed by atoms with E-state index in [9.17, 15) is 8.78 Å². The maximum absolute atomic E-state index is 13.5. The number of hydrogen-bond donors (Lipinski definition) is 3. The molecule has 84 valence electrons. The molecular weight excluding hydrogens is 214 g/mol. The Kier molecular flexibility index (Phi) is 2.35. The molecule has 1 aromatic rings. The summed E-state index contributed by atoms with van der Waals surface area (Å²) in [4.78, 5) is 3.85. The van der Waals surface area contributed by atoms with Gasteiger partial charge in [-0.1, -0.05) is 12.1 Å². The minimum atomic E-state index is -1.56. The molecule has 0 saturated carbocycles. The van der Waals surface area contributed by atoms with Gasteiger partial charge in [0, 0.05) is 6.20 Å². The summed E-state index contributed by atoms with van der Waals surface area (Å²) < 4.78 is 26.6. The summed E-state index contributed by atoms with van der Waals surface area (Å²) in [5.41, 5.74) is 11.2. The van der Waals surface area contributed by atoms with Gasteiger partial charge in [0.15, 0.2) is 11.6 Å². The Labute approximate surface area is 90.7 Å². The molecule has 0 saturated heterocycles. The van der Waals surface area contributed by atoms with Crippen LogP contribution in [0.5, 0.6) is 0 Å². The van der Waals surface area contributed by atoms with Crippen molar-refractivity contribution in [2.75, 3.05) is 0 Å². The van der Waals surface area contributed by atoms with Crippen LogP contribution in [0, 0.1) is 11.6 Å². The Bertz CT molecular complexity index is 484. The fourth-order valence-corrected chi connectivity index (χ4v) is 1.46. The fourth-order valence-electron chi connectivity index (χ4n) is 1.46. The molecule has 0 aliphatic carbocycles. The minimum Gasteiger partial charge on any atom is -0.384 e. The highest BCUT2D eigenvalue weighted by molar-refractivity contribution is 5.92. The van der Waals surface area contributed by atoms with Gasteiger partial charge in [-0.05, 0) is 12.1 Å². The lowest BCUT2D eigenvalue weighted by Gasteiger charge is -2.28. The number of benzene rings is 1. The molecule has 4 nitrogen and oxygen atoms in total. The van der Waals surface area contributed by atoms with Crippen LogP contribution in [-0.2, 0) is 5.79 Å². The Balaban J connectivity index is 2.52.